The van der Waals surface area contributed by atoms with Crippen molar-refractivity contribution in [1.29, 1.82) is 0 Å². The van der Waals surface area contributed by atoms with Gasteiger partial charge in [-0.05, 0) is 46.7 Å². The second-order valence-corrected chi connectivity index (χ2v) is 6.98. The van der Waals surface area contributed by atoms with Gasteiger partial charge in [0.25, 0.3) is 0 Å². The van der Waals surface area contributed by atoms with Crippen LogP contribution in [0.1, 0.15) is 40.5 Å². The maximum Gasteiger partial charge on any atom is 0.325 e. The maximum absolute atomic E-state index is 5.91. The van der Waals surface area contributed by atoms with E-state index in [2.05, 4.69) is 0 Å². The zero-order valence-electron chi connectivity index (χ0n) is 14.7. The molecule has 0 aromatic carbocycles. The fourth-order valence-electron chi connectivity index (χ4n) is 1.77. The lowest BCUT2D eigenvalue weighted by atomic mass is 10.3. The molecule has 0 saturated heterocycles. The van der Waals surface area contributed by atoms with E-state index in [1.807, 2.05) is 27.7 Å². The summed E-state index contributed by atoms with van der Waals surface area (Å²) >= 11 is 0. The molecule has 0 aliphatic heterocycles. The highest BCUT2D eigenvalue weighted by molar-refractivity contribution is 6.44. The van der Waals surface area contributed by atoms with Crippen LogP contribution in [-0.4, -0.2) is 55.2 Å². The minimum absolute atomic E-state index is 0.323. The van der Waals surface area contributed by atoms with Gasteiger partial charge in [-0.25, -0.2) is 0 Å². The summed E-state index contributed by atoms with van der Waals surface area (Å²) in [5.41, 5.74) is 5.54. The van der Waals surface area contributed by atoms with Gasteiger partial charge in [-0.15, -0.1) is 0 Å². The van der Waals surface area contributed by atoms with Gasteiger partial charge in [0.15, 0.2) is 12.6 Å². The van der Waals surface area contributed by atoms with Crippen LogP contribution in [0.5, 0.6) is 0 Å². The van der Waals surface area contributed by atoms with Crippen LogP contribution in [-0.2, 0) is 27.8 Å². The van der Waals surface area contributed by atoms with Gasteiger partial charge in [-0.1, -0.05) is 6.42 Å². The monoisotopic (exact) mass is 339 g/mol. The predicted molar refractivity (Wildman–Crippen MR) is 86.5 cm³/mol. The van der Waals surface area contributed by atoms with Crippen molar-refractivity contribution in [1.82, 2.24) is 0 Å². The molecule has 0 rings (SSSR count). The van der Waals surface area contributed by atoms with Crippen molar-refractivity contribution in [3.63, 3.8) is 0 Å². The lowest BCUT2D eigenvalue weighted by Gasteiger charge is -2.27. The maximum atomic E-state index is 5.91. The molecule has 0 aliphatic rings. The van der Waals surface area contributed by atoms with E-state index < -0.39 is 21.9 Å². The highest BCUT2D eigenvalue weighted by atomic mass is 28.3. The van der Waals surface area contributed by atoms with E-state index in [0.717, 1.165) is 18.9 Å². The lowest BCUT2D eigenvalue weighted by Crippen LogP contribution is -2.35. The first-order valence-electron chi connectivity index (χ1n) is 7.80. The Bertz CT molecular complexity index is 241. The number of nitrogens with two attached hydrogens (primary N) is 1. The minimum Gasteiger partial charge on any atom is -0.370 e. The third-order valence-electron chi connectivity index (χ3n) is 3.01. The summed E-state index contributed by atoms with van der Waals surface area (Å²) in [7, 11) is 1.24. The number of rotatable bonds is 14. The molecule has 4 unspecified atom stereocenters. The fourth-order valence-corrected chi connectivity index (χ4v) is 3.71. The highest BCUT2D eigenvalue weighted by Gasteiger charge is 2.22. The van der Waals surface area contributed by atoms with E-state index in [1.54, 1.807) is 14.2 Å². The SMILES string of the molecule is COC(C)OC(C)O[SiH](CCCCN)OC(C)OC(C)OC. The van der Waals surface area contributed by atoms with E-state index in [4.69, 9.17) is 33.5 Å². The van der Waals surface area contributed by atoms with Crippen LogP contribution in [0, 0.1) is 0 Å². The molecule has 4 atom stereocenters. The van der Waals surface area contributed by atoms with Crippen LogP contribution in [0.3, 0.4) is 0 Å². The summed E-state index contributed by atoms with van der Waals surface area (Å²) in [4.78, 5) is 0. The van der Waals surface area contributed by atoms with E-state index in [-0.39, 0.29) is 12.6 Å². The van der Waals surface area contributed by atoms with Crippen LogP contribution in [0.4, 0.5) is 0 Å². The van der Waals surface area contributed by atoms with Crippen molar-refractivity contribution in [3.8, 4) is 0 Å². The van der Waals surface area contributed by atoms with Gasteiger partial charge < -0.3 is 33.5 Å². The third-order valence-corrected chi connectivity index (χ3v) is 5.26. The van der Waals surface area contributed by atoms with Crippen molar-refractivity contribution in [2.75, 3.05) is 20.8 Å². The van der Waals surface area contributed by atoms with Gasteiger partial charge >= 0.3 is 9.28 Å². The first-order chi connectivity index (χ1) is 10.4. The van der Waals surface area contributed by atoms with E-state index in [9.17, 15) is 0 Å². The molecule has 7 nitrogen and oxygen atoms in total. The largest absolute Gasteiger partial charge is 0.370 e. The van der Waals surface area contributed by atoms with E-state index in [1.165, 1.54) is 0 Å². The van der Waals surface area contributed by atoms with Crippen molar-refractivity contribution in [3.05, 3.63) is 0 Å². The van der Waals surface area contributed by atoms with E-state index in [0.29, 0.717) is 6.54 Å². The van der Waals surface area contributed by atoms with Gasteiger partial charge in [0.1, 0.15) is 12.6 Å². The Kier molecular flexibility index (Phi) is 13.3. The quantitative estimate of drug-likeness (QED) is 0.293. The predicted octanol–water partition coefficient (Wildman–Crippen LogP) is 1.69. The Labute approximate surface area is 136 Å². The number of hydrogen-bond acceptors (Lipinski definition) is 7. The van der Waals surface area contributed by atoms with Crippen molar-refractivity contribution in [2.45, 2.75) is 71.7 Å². The molecule has 134 valence electrons. The average Bonchev–Trinajstić information content (AvgIpc) is 2.46. The number of ether oxygens (including phenoxy) is 4. The Morgan fingerprint density at radius 3 is 1.59 bits per heavy atom. The minimum atomic E-state index is -1.94. The standard InChI is InChI=1S/C14H33NO6Si/c1-11(16-5)18-13(3)20-22(10-8-7-9-15)21-14(4)19-12(2)17-6/h11-14,22H,7-10,15H2,1-6H3. The van der Waals surface area contributed by atoms with Crippen LogP contribution in [0.15, 0.2) is 0 Å². The summed E-state index contributed by atoms with van der Waals surface area (Å²) in [6.45, 7) is 7.98. The van der Waals surface area contributed by atoms with Gasteiger partial charge in [-0.2, -0.15) is 0 Å². The molecule has 0 fully saturated rings. The smallest absolute Gasteiger partial charge is 0.325 e. The topological polar surface area (TPSA) is 81.4 Å². The second-order valence-electron chi connectivity index (χ2n) is 5.00. The van der Waals surface area contributed by atoms with Crippen molar-refractivity contribution in [2.24, 2.45) is 5.73 Å². The number of methoxy groups -OCH3 is 2. The molecule has 0 aromatic rings. The lowest BCUT2D eigenvalue weighted by molar-refractivity contribution is -0.216. The van der Waals surface area contributed by atoms with Gasteiger partial charge in [0.2, 0.25) is 0 Å². The molecular weight excluding hydrogens is 306 g/mol. The number of unbranched alkanes of at least 4 members (excludes halogenated alkanes) is 1. The molecule has 0 spiro atoms. The molecule has 8 heteroatoms. The Hall–Kier alpha value is -0.0631. The summed E-state index contributed by atoms with van der Waals surface area (Å²) in [5.74, 6) is 0. The molecule has 2 N–H and O–H groups in total. The van der Waals surface area contributed by atoms with Crippen LogP contribution in [0.25, 0.3) is 0 Å². The van der Waals surface area contributed by atoms with Crippen LogP contribution in [0.2, 0.25) is 6.04 Å². The third kappa shape index (κ3) is 11.5. The molecular formula is C14H33NO6Si. The summed E-state index contributed by atoms with van der Waals surface area (Å²) in [6.07, 6.45) is 0.482. The first kappa shape index (κ1) is 21.9. The van der Waals surface area contributed by atoms with Crippen molar-refractivity contribution >= 4 is 9.28 Å². The first-order valence-corrected chi connectivity index (χ1v) is 9.56. The molecule has 0 aromatic heterocycles. The molecule has 0 saturated carbocycles. The normalized spacial score (nSPS) is 18.7. The Morgan fingerprint density at radius 1 is 0.773 bits per heavy atom. The zero-order chi connectivity index (χ0) is 17.0. The molecule has 0 bridgehead atoms. The second kappa shape index (κ2) is 13.4. The van der Waals surface area contributed by atoms with Gasteiger partial charge in [0, 0.05) is 14.2 Å². The van der Waals surface area contributed by atoms with Gasteiger partial charge in [-0.3, -0.25) is 0 Å². The Balaban J connectivity index is 4.34. The van der Waals surface area contributed by atoms with Gasteiger partial charge in [0.05, 0.1) is 0 Å². The molecule has 0 radical (unpaired) electrons. The molecule has 22 heavy (non-hydrogen) atoms. The van der Waals surface area contributed by atoms with Crippen LogP contribution < -0.4 is 5.73 Å². The molecule has 0 amide bonds. The molecule has 0 heterocycles. The Morgan fingerprint density at radius 2 is 1.23 bits per heavy atom. The highest BCUT2D eigenvalue weighted by Crippen LogP contribution is 2.12. The number of hydrogen-bond donors (Lipinski definition) is 1. The molecule has 0 aliphatic carbocycles. The van der Waals surface area contributed by atoms with E-state index >= 15 is 0 Å². The summed E-state index contributed by atoms with van der Waals surface area (Å²) < 4.78 is 33.0. The summed E-state index contributed by atoms with van der Waals surface area (Å²) in [6, 6.07) is 0.849. The fraction of sp³-hybridized carbons (Fsp3) is 1.00. The van der Waals surface area contributed by atoms with Crippen LogP contribution >= 0.6 is 0 Å². The average molecular weight is 340 g/mol. The summed E-state index contributed by atoms with van der Waals surface area (Å²) in [5, 5.41) is 0. The zero-order valence-corrected chi connectivity index (χ0v) is 15.9. The van der Waals surface area contributed by atoms with Crippen molar-refractivity contribution < 1.29 is 27.8 Å².